The fourth-order valence-corrected chi connectivity index (χ4v) is 1.88. The van der Waals surface area contributed by atoms with Crippen molar-refractivity contribution in [2.24, 2.45) is 0 Å². The van der Waals surface area contributed by atoms with Gasteiger partial charge in [-0.25, -0.2) is 0 Å². The van der Waals surface area contributed by atoms with E-state index < -0.39 is 5.91 Å². The molecule has 0 atom stereocenters. The molecule has 0 bridgehead atoms. The highest BCUT2D eigenvalue weighted by molar-refractivity contribution is 9.10. The molecule has 0 unspecified atom stereocenters. The van der Waals surface area contributed by atoms with Crippen LogP contribution in [0.2, 0.25) is 0 Å². The van der Waals surface area contributed by atoms with Crippen LogP contribution in [0.4, 0.5) is 0 Å². The lowest BCUT2D eigenvalue weighted by Gasteiger charge is -2.17. The molecule has 1 aromatic heterocycles. The highest BCUT2D eigenvalue weighted by Crippen LogP contribution is 2.13. The van der Waals surface area contributed by atoms with Gasteiger partial charge in [-0.1, -0.05) is 0 Å². The van der Waals surface area contributed by atoms with E-state index in [2.05, 4.69) is 21.2 Å². The summed E-state index contributed by atoms with van der Waals surface area (Å²) in [5, 5.41) is 11.2. The van der Waals surface area contributed by atoms with Crippen molar-refractivity contribution in [2.45, 2.75) is 19.3 Å². The minimum atomic E-state index is -0.419. The van der Waals surface area contributed by atoms with Crippen molar-refractivity contribution in [1.82, 2.24) is 10.2 Å². The summed E-state index contributed by atoms with van der Waals surface area (Å²) in [6, 6.07) is 3.15. The van der Waals surface area contributed by atoms with Crippen molar-refractivity contribution < 1.29 is 19.1 Å². The van der Waals surface area contributed by atoms with E-state index in [4.69, 9.17) is 9.52 Å². The summed E-state index contributed by atoms with van der Waals surface area (Å²) >= 11 is 3.11. The van der Waals surface area contributed by atoms with Crippen LogP contribution in [-0.4, -0.2) is 48.6 Å². The van der Waals surface area contributed by atoms with Crippen LogP contribution in [0.15, 0.2) is 21.2 Å². The molecule has 0 spiro atoms. The largest absolute Gasteiger partial charge is 0.444 e. The maximum atomic E-state index is 11.8. The Bertz CT molecular complexity index is 447. The second-order valence-corrected chi connectivity index (χ2v) is 5.17. The van der Waals surface area contributed by atoms with Gasteiger partial charge in [0.1, 0.15) is 0 Å². The molecule has 1 rings (SSSR count). The zero-order valence-corrected chi connectivity index (χ0v) is 13.0. The average molecular weight is 347 g/mol. The fraction of sp³-hybridized carbons (Fsp3) is 0.538. The van der Waals surface area contributed by atoms with E-state index in [1.807, 2.05) is 0 Å². The summed E-state index contributed by atoms with van der Waals surface area (Å²) in [5.74, 6) is -0.416. The number of aliphatic hydroxyl groups is 1. The number of nitrogens with zero attached hydrogens (tertiary/aromatic N) is 1. The maximum Gasteiger partial charge on any atom is 0.287 e. The number of aliphatic hydroxyl groups excluding tert-OH is 1. The highest BCUT2D eigenvalue weighted by atomic mass is 79.9. The van der Waals surface area contributed by atoms with Crippen LogP contribution in [0.5, 0.6) is 0 Å². The second kappa shape index (κ2) is 8.76. The summed E-state index contributed by atoms with van der Waals surface area (Å²) in [5.41, 5.74) is 0. The van der Waals surface area contributed by atoms with E-state index in [0.717, 1.165) is 19.3 Å². The molecule has 0 aliphatic heterocycles. The SMILES string of the molecule is CN(CCCCCO)C(=O)CNC(=O)c1ccc(Br)o1. The van der Waals surface area contributed by atoms with E-state index in [-0.39, 0.29) is 24.8 Å². The van der Waals surface area contributed by atoms with Gasteiger partial charge in [0.25, 0.3) is 5.91 Å². The molecule has 7 heteroatoms. The van der Waals surface area contributed by atoms with E-state index in [1.165, 1.54) is 6.07 Å². The van der Waals surface area contributed by atoms with Gasteiger partial charge in [-0.2, -0.15) is 0 Å². The number of halogens is 1. The number of unbranched alkanes of at least 4 members (excludes halogenated alkanes) is 2. The standard InChI is InChI=1S/C13H19BrN2O4/c1-16(7-3-2-4-8-17)12(18)9-15-13(19)10-5-6-11(14)20-10/h5-6,17H,2-4,7-9H2,1H3,(H,15,19). The van der Waals surface area contributed by atoms with Gasteiger partial charge in [0.2, 0.25) is 5.91 Å². The first kappa shape index (κ1) is 16.7. The molecule has 0 fully saturated rings. The number of amides is 2. The smallest absolute Gasteiger partial charge is 0.287 e. The summed E-state index contributed by atoms with van der Waals surface area (Å²) in [7, 11) is 1.69. The Morgan fingerprint density at radius 3 is 2.70 bits per heavy atom. The van der Waals surface area contributed by atoms with Crippen LogP contribution < -0.4 is 5.32 Å². The molecule has 2 N–H and O–H groups in total. The van der Waals surface area contributed by atoms with E-state index in [1.54, 1.807) is 18.0 Å². The Labute approximate surface area is 126 Å². The molecule has 20 heavy (non-hydrogen) atoms. The van der Waals surface area contributed by atoms with Gasteiger partial charge >= 0.3 is 0 Å². The van der Waals surface area contributed by atoms with Crippen molar-refractivity contribution in [2.75, 3.05) is 26.7 Å². The third kappa shape index (κ3) is 5.75. The molecule has 1 aromatic rings. The Morgan fingerprint density at radius 1 is 1.35 bits per heavy atom. The fourth-order valence-electron chi connectivity index (χ4n) is 1.58. The summed E-state index contributed by atoms with van der Waals surface area (Å²) < 4.78 is 5.55. The van der Waals surface area contributed by atoms with Crippen molar-refractivity contribution in [3.8, 4) is 0 Å². The number of hydrogen-bond acceptors (Lipinski definition) is 4. The molecule has 6 nitrogen and oxygen atoms in total. The Hall–Kier alpha value is -1.34. The Balaban J connectivity index is 2.26. The van der Waals surface area contributed by atoms with Crippen molar-refractivity contribution in [3.05, 3.63) is 22.6 Å². The van der Waals surface area contributed by atoms with Crippen molar-refractivity contribution in [1.29, 1.82) is 0 Å². The molecule has 112 valence electrons. The van der Waals surface area contributed by atoms with E-state index in [9.17, 15) is 9.59 Å². The summed E-state index contributed by atoms with van der Waals surface area (Å²) in [6.07, 6.45) is 2.45. The zero-order chi connectivity index (χ0) is 15.0. The number of likely N-dealkylation sites (N-methyl/N-ethyl adjacent to an activating group) is 1. The van der Waals surface area contributed by atoms with Crippen molar-refractivity contribution in [3.63, 3.8) is 0 Å². The van der Waals surface area contributed by atoms with Crippen LogP contribution >= 0.6 is 15.9 Å². The van der Waals surface area contributed by atoms with Gasteiger partial charge in [0.05, 0.1) is 6.54 Å². The number of hydrogen-bond donors (Lipinski definition) is 2. The van der Waals surface area contributed by atoms with Gasteiger partial charge in [-0.15, -0.1) is 0 Å². The van der Waals surface area contributed by atoms with Gasteiger partial charge < -0.3 is 19.7 Å². The summed E-state index contributed by atoms with van der Waals surface area (Å²) in [4.78, 5) is 25.0. The zero-order valence-electron chi connectivity index (χ0n) is 11.4. The highest BCUT2D eigenvalue weighted by Gasteiger charge is 2.13. The minimum absolute atomic E-state index is 0.0619. The lowest BCUT2D eigenvalue weighted by molar-refractivity contribution is -0.128. The Morgan fingerprint density at radius 2 is 2.10 bits per heavy atom. The molecule has 0 aliphatic carbocycles. The van der Waals surface area contributed by atoms with Gasteiger partial charge in [0.15, 0.2) is 10.4 Å². The number of carbonyl (C=O) groups is 2. The van der Waals surface area contributed by atoms with Crippen molar-refractivity contribution >= 4 is 27.7 Å². The maximum absolute atomic E-state index is 11.8. The molecule has 0 aliphatic rings. The minimum Gasteiger partial charge on any atom is -0.444 e. The number of nitrogens with one attached hydrogen (secondary N) is 1. The van der Waals surface area contributed by atoms with Crippen LogP contribution in [0.3, 0.4) is 0 Å². The molecule has 0 saturated heterocycles. The number of carbonyl (C=O) groups excluding carboxylic acids is 2. The molecule has 2 amide bonds. The number of furan rings is 1. The van der Waals surface area contributed by atoms with E-state index in [0.29, 0.717) is 11.2 Å². The molecule has 0 aromatic carbocycles. The quantitative estimate of drug-likeness (QED) is 0.697. The predicted octanol–water partition coefficient (Wildman–Crippen LogP) is 1.39. The molecular formula is C13H19BrN2O4. The molecular weight excluding hydrogens is 328 g/mol. The molecule has 0 radical (unpaired) electrons. The van der Waals surface area contributed by atoms with Gasteiger partial charge in [0, 0.05) is 20.2 Å². The van der Waals surface area contributed by atoms with E-state index >= 15 is 0 Å². The lowest BCUT2D eigenvalue weighted by Crippen LogP contribution is -2.38. The first-order valence-electron chi connectivity index (χ1n) is 6.43. The van der Waals surface area contributed by atoms with Crippen LogP contribution in [0.1, 0.15) is 29.8 Å². The third-order valence-electron chi connectivity index (χ3n) is 2.77. The lowest BCUT2D eigenvalue weighted by atomic mass is 10.2. The van der Waals surface area contributed by atoms with Gasteiger partial charge in [-0.3, -0.25) is 9.59 Å². The monoisotopic (exact) mass is 346 g/mol. The Kier molecular flexibility index (Phi) is 7.32. The molecule has 0 saturated carbocycles. The normalized spacial score (nSPS) is 10.3. The van der Waals surface area contributed by atoms with Crippen LogP contribution in [-0.2, 0) is 4.79 Å². The molecule has 1 heterocycles. The second-order valence-electron chi connectivity index (χ2n) is 4.39. The van der Waals surface area contributed by atoms with Crippen LogP contribution in [0, 0.1) is 0 Å². The summed E-state index contributed by atoms with van der Waals surface area (Å²) in [6.45, 7) is 0.723. The topological polar surface area (TPSA) is 82.8 Å². The third-order valence-corrected chi connectivity index (χ3v) is 3.20. The first-order valence-corrected chi connectivity index (χ1v) is 7.22. The first-order chi connectivity index (χ1) is 9.54. The predicted molar refractivity (Wildman–Crippen MR) is 77.3 cm³/mol. The van der Waals surface area contributed by atoms with Crippen LogP contribution in [0.25, 0.3) is 0 Å². The number of rotatable bonds is 8. The van der Waals surface area contributed by atoms with Gasteiger partial charge in [-0.05, 0) is 47.3 Å². The average Bonchev–Trinajstić information content (AvgIpc) is 2.87.